The van der Waals surface area contributed by atoms with Crippen LogP contribution in [0.15, 0.2) is 18.2 Å². The summed E-state index contributed by atoms with van der Waals surface area (Å²) in [5.74, 6) is 0.403. The molecule has 1 aromatic rings. The molecule has 2 nitrogen and oxygen atoms in total. The molecule has 17 heavy (non-hydrogen) atoms. The molecule has 1 fully saturated rings. The van der Waals surface area contributed by atoms with E-state index in [0.29, 0.717) is 16.5 Å². The molecule has 0 aliphatic carbocycles. The Kier molecular flexibility index (Phi) is 3.64. The fraction of sp³-hybridized carbons (Fsp3) is 0.462. The third-order valence-corrected chi connectivity index (χ3v) is 3.88. The van der Waals surface area contributed by atoms with Crippen molar-refractivity contribution < 1.29 is 4.79 Å². The average molecular weight is 272 g/mol. The van der Waals surface area contributed by atoms with E-state index in [1.54, 1.807) is 6.07 Å². The van der Waals surface area contributed by atoms with Crippen LogP contribution in [0.5, 0.6) is 0 Å². The van der Waals surface area contributed by atoms with E-state index in [1.807, 2.05) is 24.0 Å². The first-order chi connectivity index (χ1) is 8.02. The molecule has 92 valence electrons. The summed E-state index contributed by atoms with van der Waals surface area (Å²) in [6.07, 6.45) is 0.547. The van der Waals surface area contributed by atoms with Crippen molar-refractivity contribution in [3.8, 4) is 0 Å². The molecule has 1 aliphatic heterocycles. The first-order valence-corrected chi connectivity index (χ1v) is 6.54. The summed E-state index contributed by atoms with van der Waals surface area (Å²) < 4.78 is 0. The van der Waals surface area contributed by atoms with Gasteiger partial charge >= 0.3 is 0 Å². The number of rotatable bonds is 2. The van der Waals surface area contributed by atoms with Crippen molar-refractivity contribution >= 4 is 29.1 Å². The molecule has 1 amide bonds. The Hall–Kier alpha value is -0.730. The topological polar surface area (TPSA) is 20.3 Å². The minimum absolute atomic E-state index is 0.193. The van der Waals surface area contributed by atoms with Crippen LogP contribution in [0.25, 0.3) is 0 Å². The molecule has 0 bridgehead atoms. The second-order valence-corrected chi connectivity index (χ2v) is 5.31. The van der Waals surface area contributed by atoms with Gasteiger partial charge in [-0.1, -0.05) is 23.2 Å². The maximum atomic E-state index is 11.8. The van der Waals surface area contributed by atoms with E-state index in [-0.39, 0.29) is 17.9 Å². The van der Waals surface area contributed by atoms with E-state index < -0.39 is 0 Å². The predicted octanol–water partition coefficient (Wildman–Crippen LogP) is 3.72. The number of nitrogens with zero attached hydrogens (tertiary/aromatic N) is 1. The van der Waals surface area contributed by atoms with Gasteiger partial charge in [-0.3, -0.25) is 4.79 Å². The lowest BCUT2D eigenvalue weighted by molar-refractivity contribution is -0.128. The number of benzene rings is 1. The van der Waals surface area contributed by atoms with Crippen molar-refractivity contribution in [1.29, 1.82) is 0 Å². The second kappa shape index (κ2) is 4.87. The van der Waals surface area contributed by atoms with Crippen LogP contribution < -0.4 is 0 Å². The van der Waals surface area contributed by atoms with E-state index in [0.717, 1.165) is 12.1 Å². The molecule has 0 unspecified atom stereocenters. The molecule has 2 atom stereocenters. The van der Waals surface area contributed by atoms with Crippen LogP contribution in [-0.4, -0.2) is 23.4 Å². The molecule has 4 heteroatoms. The van der Waals surface area contributed by atoms with E-state index >= 15 is 0 Å². The lowest BCUT2D eigenvalue weighted by atomic mass is 9.92. The summed E-state index contributed by atoms with van der Waals surface area (Å²) in [5, 5.41) is 1.25. The van der Waals surface area contributed by atoms with Crippen molar-refractivity contribution in [1.82, 2.24) is 4.90 Å². The summed E-state index contributed by atoms with van der Waals surface area (Å²) in [5.41, 5.74) is 1.05. The van der Waals surface area contributed by atoms with Crippen LogP contribution in [0.3, 0.4) is 0 Å². The molecular weight excluding hydrogens is 257 g/mol. The van der Waals surface area contributed by atoms with E-state index in [2.05, 4.69) is 6.92 Å². The van der Waals surface area contributed by atoms with Crippen molar-refractivity contribution in [3.63, 3.8) is 0 Å². The van der Waals surface area contributed by atoms with Gasteiger partial charge in [-0.25, -0.2) is 0 Å². The molecule has 0 spiro atoms. The maximum Gasteiger partial charge on any atom is 0.223 e. The summed E-state index contributed by atoms with van der Waals surface area (Å²) in [7, 11) is 0. The summed E-state index contributed by atoms with van der Waals surface area (Å²) in [6.45, 7) is 4.83. The van der Waals surface area contributed by atoms with Gasteiger partial charge in [-0.2, -0.15) is 0 Å². The third kappa shape index (κ3) is 2.43. The summed E-state index contributed by atoms with van der Waals surface area (Å²) in [6, 6.07) is 5.73. The number of likely N-dealkylation sites (tertiary alicyclic amines) is 1. The van der Waals surface area contributed by atoms with E-state index in [4.69, 9.17) is 23.2 Å². The van der Waals surface area contributed by atoms with Gasteiger partial charge in [0, 0.05) is 35.0 Å². The van der Waals surface area contributed by atoms with Crippen molar-refractivity contribution in [3.05, 3.63) is 33.8 Å². The summed E-state index contributed by atoms with van der Waals surface area (Å²) in [4.78, 5) is 13.7. The van der Waals surface area contributed by atoms with Crippen LogP contribution in [-0.2, 0) is 4.79 Å². The SMILES string of the molecule is CCN1C(=O)C[C@H](c2cc(Cl)cc(Cl)c2)[C@@H]1C. The van der Waals surface area contributed by atoms with Crippen molar-refractivity contribution in [2.45, 2.75) is 32.2 Å². The van der Waals surface area contributed by atoms with Gasteiger partial charge in [0.1, 0.15) is 0 Å². The Morgan fingerprint density at radius 1 is 1.29 bits per heavy atom. The number of likely N-dealkylation sites (N-methyl/N-ethyl adjacent to an activating group) is 1. The molecule has 2 rings (SSSR count). The third-order valence-electron chi connectivity index (χ3n) is 3.44. The second-order valence-electron chi connectivity index (χ2n) is 4.43. The Bertz CT molecular complexity index is 427. The molecule has 1 saturated heterocycles. The number of carbonyl (C=O) groups excluding carboxylic acids is 1. The van der Waals surface area contributed by atoms with Crippen LogP contribution in [0.4, 0.5) is 0 Å². The number of halogens is 2. The monoisotopic (exact) mass is 271 g/mol. The molecular formula is C13H15Cl2NO. The van der Waals surface area contributed by atoms with Gasteiger partial charge in [0.05, 0.1) is 0 Å². The molecule has 1 heterocycles. The minimum atomic E-state index is 0.193. The molecule has 0 radical (unpaired) electrons. The molecule has 0 saturated carbocycles. The number of carbonyl (C=O) groups is 1. The first-order valence-electron chi connectivity index (χ1n) is 5.78. The predicted molar refractivity (Wildman–Crippen MR) is 70.7 cm³/mol. The standard InChI is InChI=1S/C13H15Cl2NO/c1-3-16-8(2)12(7-13(16)17)9-4-10(14)6-11(15)5-9/h4-6,8,12H,3,7H2,1-2H3/t8-,12-/m0/s1. The van der Waals surface area contributed by atoms with Crippen LogP contribution >= 0.6 is 23.2 Å². The summed E-state index contributed by atoms with van der Waals surface area (Å²) >= 11 is 12.0. The molecule has 1 aromatic carbocycles. The quantitative estimate of drug-likeness (QED) is 0.803. The van der Waals surface area contributed by atoms with Crippen LogP contribution in [0.2, 0.25) is 10.0 Å². The van der Waals surface area contributed by atoms with E-state index in [9.17, 15) is 4.79 Å². The molecule has 0 N–H and O–H groups in total. The Labute approximate surface area is 112 Å². The van der Waals surface area contributed by atoms with Gasteiger partial charge in [-0.15, -0.1) is 0 Å². The van der Waals surface area contributed by atoms with Gasteiger partial charge in [-0.05, 0) is 37.6 Å². The number of hydrogen-bond acceptors (Lipinski definition) is 1. The molecule has 0 aromatic heterocycles. The Morgan fingerprint density at radius 2 is 1.88 bits per heavy atom. The Balaban J connectivity index is 2.32. The van der Waals surface area contributed by atoms with Crippen molar-refractivity contribution in [2.24, 2.45) is 0 Å². The fourth-order valence-electron chi connectivity index (χ4n) is 2.57. The highest BCUT2D eigenvalue weighted by molar-refractivity contribution is 6.34. The van der Waals surface area contributed by atoms with E-state index in [1.165, 1.54) is 0 Å². The molecule has 1 aliphatic rings. The normalized spacial score (nSPS) is 24.5. The largest absolute Gasteiger partial charge is 0.340 e. The highest BCUT2D eigenvalue weighted by Gasteiger charge is 2.36. The number of hydrogen-bond donors (Lipinski definition) is 0. The smallest absolute Gasteiger partial charge is 0.223 e. The van der Waals surface area contributed by atoms with Crippen LogP contribution in [0, 0.1) is 0 Å². The fourth-order valence-corrected chi connectivity index (χ4v) is 3.11. The number of amides is 1. The zero-order chi connectivity index (χ0) is 12.6. The highest BCUT2D eigenvalue weighted by atomic mass is 35.5. The first kappa shape index (κ1) is 12.7. The maximum absolute atomic E-state index is 11.8. The minimum Gasteiger partial charge on any atom is -0.340 e. The van der Waals surface area contributed by atoms with Gasteiger partial charge in [0.15, 0.2) is 0 Å². The lowest BCUT2D eigenvalue weighted by Gasteiger charge is -2.23. The van der Waals surface area contributed by atoms with Gasteiger partial charge in [0.2, 0.25) is 5.91 Å². The van der Waals surface area contributed by atoms with Crippen LogP contribution in [0.1, 0.15) is 31.7 Å². The zero-order valence-corrected chi connectivity index (χ0v) is 11.4. The Morgan fingerprint density at radius 3 is 2.35 bits per heavy atom. The zero-order valence-electron chi connectivity index (χ0n) is 9.91. The highest BCUT2D eigenvalue weighted by Crippen LogP contribution is 2.36. The average Bonchev–Trinajstić information content (AvgIpc) is 2.52. The lowest BCUT2D eigenvalue weighted by Crippen LogP contribution is -2.32. The van der Waals surface area contributed by atoms with Crippen molar-refractivity contribution in [2.75, 3.05) is 6.54 Å². The van der Waals surface area contributed by atoms with Gasteiger partial charge in [0.25, 0.3) is 0 Å². The van der Waals surface area contributed by atoms with Gasteiger partial charge < -0.3 is 4.90 Å².